The first-order chi connectivity index (χ1) is 19.6. The third-order valence-electron chi connectivity index (χ3n) is 7.48. The third kappa shape index (κ3) is 9.19. The number of carboxylic acid groups (broad SMARTS) is 1. The minimum Gasteiger partial charge on any atom is -0.481 e. The van der Waals surface area contributed by atoms with Gasteiger partial charge in [-0.3, -0.25) is 4.79 Å². The second-order valence-electron chi connectivity index (χ2n) is 11.4. The molecule has 214 valence electrons. The van der Waals surface area contributed by atoms with E-state index >= 15 is 0 Å². The SMILES string of the molecule is CC(C)(O)c1ccccc1CCCc1cccc(/C=C/c2ccc3ccc(Cl)cc3n2)c1.O=C(O)CC1(CS)CC1. The predicted molar refractivity (Wildman–Crippen MR) is 174 cm³/mol. The highest BCUT2D eigenvalue weighted by atomic mass is 35.5. The normalized spacial score (nSPS) is 14.1. The van der Waals surface area contributed by atoms with Crippen LogP contribution in [0.5, 0.6) is 0 Å². The average Bonchev–Trinajstić information content (AvgIpc) is 3.71. The Labute approximate surface area is 253 Å². The lowest BCUT2D eigenvalue weighted by Gasteiger charge is -2.21. The van der Waals surface area contributed by atoms with Crippen molar-refractivity contribution in [3.05, 3.63) is 112 Å². The number of aromatic nitrogens is 1. The van der Waals surface area contributed by atoms with Gasteiger partial charge in [0.2, 0.25) is 0 Å². The number of benzene rings is 3. The molecule has 4 nitrogen and oxygen atoms in total. The summed E-state index contributed by atoms with van der Waals surface area (Å²) in [5.41, 5.74) is 5.78. The van der Waals surface area contributed by atoms with Gasteiger partial charge in [-0.15, -0.1) is 0 Å². The minimum absolute atomic E-state index is 0.0783. The Bertz CT molecular complexity index is 1520. The van der Waals surface area contributed by atoms with Crippen LogP contribution in [-0.4, -0.2) is 26.9 Å². The van der Waals surface area contributed by atoms with E-state index in [9.17, 15) is 9.90 Å². The Morgan fingerprint density at radius 2 is 1.76 bits per heavy atom. The van der Waals surface area contributed by atoms with Gasteiger partial charge in [-0.05, 0) is 104 Å². The first kappa shape index (κ1) is 30.8. The molecule has 1 aliphatic carbocycles. The van der Waals surface area contributed by atoms with E-state index in [1.807, 2.05) is 62.4 Å². The fourth-order valence-corrected chi connectivity index (χ4v) is 5.53. The molecule has 1 aliphatic rings. The zero-order valence-electron chi connectivity index (χ0n) is 23.7. The van der Waals surface area contributed by atoms with Crippen LogP contribution >= 0.6 is 24.2 Å². The minimum atomic E-state index is -0.816. The molecular formula is C35H38ClNO3S. The Hall–Kier alpha value is -3.12. The van der Waals surface area contributed by atoms with Crippen LogP contribution in [0.2, 0.25) is 5.02 Å². The van der Waals surface area contributed by atoms with Crippen molar-refractivity contribution in [1.82, 2.24) is 4.98 Å². The van der Waals surface area contributed by atoms with Crippen LogP contribution in [0.15, 0.2) is 78.9 Å². The van der Waals surface area contributed by atoms with Crippen LogP contribution in [-0.2, 0) is 23.2 Å². The van der Waals surface area contributed by atoms with Crippen LogP contribution in [0.25, 0.3) is 23.1 Å². The number of halogens is 1. The number of hydrogen-bond acceptors (Lipinski definition) is 4. The van der Waals surface area contributed by atoms with Gasteiger partial charge in [0.25, 0.3) is 0 Å². The molecule has 4 aromatic rings. The van der Waals surface area contributed by atoms with Gasteiger partial charge in [0.1, 0.15) is 0 Å². The summed E-state index contributed by atoms with van der Waals surface area (Å²) < 4.78 is 0. The maximum Gasteiger partial charge on any atom is 0.303 e. The fourth-order valence-electron chi connectivity index (χ4n) is 4.94. The van der Waals surface area contributed by atoms with Gasteiger partial charge in [0, 0.05) is 10.4 Å². The number of hydrogen-bond donors (Lipinski definition) is 3. The van der Waals surface area contributed by atoms with E-state index < -0.39 is 11.6 Å². The van der Waals surface area contributed by atoms with Crippen LogP contribution in [0.4, 0.5) is 0 Å². The molecule has 0 aliphatic heterocycles. The highest BCUT2D eigenvalue weighted by Crippen LogP contribution is 2.49. The Kier molecular flexibility index (Phi) is 10.3. The first-order valence-corrected chi connectivity index (χ1v) is 15.0. The fraction of sp³-hybridized carbons (Fsp3) is 0.314. The summed E-state index contributed by atoms with van der Waals surface area (Å²) in [5.74, 6) is 0.0285. The van der Waals surface area contributed by atoms with Crippen molar-refractivity contribution in [2.75, 3.05) is 5.75 Å². The maximum absolute atomic E-state index is 10.4. The van der Waals surface area contributed by atoms with E-state index in [1.54, 1.807) is 0 Å². The number of carbonyl (C=O) groups is 1. The highest BCUT2D eigenvalue weighted by Gasteiger charge is 2.42. The van der Waals surface area contributed by atoms with E-state index in [2.05, 4.69) is 55.1 Å². The summed E-state index contributed by atoms with van der Waals surface area (Å²) in [7, 11) is 0. The Balaban J connectivity index is 0.000000367. The van der Waals surface area contributed by atoms with Gasteiger partial charge in [-0.1, -0.05) is 78.3 Å². The summed E-state index contributed by atoms with van der Waals surface area (Å²) in [4.78, 5) is 14.9. The summed E-state index contributed by atoms with van der Waals surface area (Å²) in [6.45, 7) is 3.70. The lowest BCUT2D eigenvalue weighted by Crippen LogP contribution is -2.18. The number of nitrogens with zero attached hydrogens (tertiary/aromatic N) is 1. The molecule has 3 aromatic carbocycles. The van der Waals surface area contributed by atoms with E-state index in [0.29, 0.717) is 11.4 Å². The van der Waals surface area contributed by atoms with Crippen molar-refractivity contribution in [3.63, 3.8) is 0 Å². The third-order valence-corrected chi connectivity index (χ3v) is 8.39. The zero-order chi connectivity index (χ0) is 29.5. The molecule has 0 bridgehead atoms. The number of aliphatic carboxylic acids is 1. The molecule has 6 heteroatoms. The van der Waals surface area contributed by atoms with E-state index in [-0.39, 0.29) is 5.41 Å². The maximum atomic E-state index is 10.4. The van der Waals surface area contributed by atoms with Crippen molar-refractivity contribution in [2.45, 2.75) is 58.0 Å². The smallest absolute Gasteiger partial charge is 0.303 e. The molecule has 5 rings (SSSR count). The molecule has 0 radical (unpaired) electrons. The summed E-state index contributed by atoms with van der Waals surface area (Å²) in [6, 6.07) is 26.7. The van der Waals surface area contributed by atoms with Gasteiger partial charge in [0.15, 0.2) is 0 Å². The molecule has 41 heavy (non-hydrogen) atoms. The Morgan fingerprint density at radius 3 is 2.44 bits per heavy atom. The molecule has 2 N–H and O–H groups in total. The van der Waals surface area contributed by atoms with Gasteiger partial charge >= 0.3 is 5.97 Å². The van der Waals surface area contributed by atoms with Crippen molar-refractivity contribution >= 4 is 53.3 Å². The lowest BCUT2D eigenvalue weighted by atomic mass is 9.90. The molecule has 1 saturated carbocycles. The molecule has 0 unspecified atom stereocenters. The molecule has 0 saturated heterocycles. The molecule has 1 heterocycles. The van der Waals surface area contributed by atoms with Crippen molar-refractivity contribution in [3.8, 4) is 0 Å². The largest absolute Gasteiger partial charge is 0.481 e. The molecule has 1 aromatic heterocycles. The van der Waals surface area contributed by atoms with Gasteiger partial charge in [-0.2, -0.15) is 12.6 Å². The standard InChI is InChI=1S/C29H28ClNO.C6H10O2S/c1-29(2,32)27-12-4-3-10-23(27)11-6-9-21-7-5-8-22(19-21)13-17-26-18-15-24-14-16-25(30)20-28(24)31-26;7-5(8)3-6(4-9)1-2-6/h3-5,7-8,10,12-20,32H,6,9,11H2,1-2H3;9H,1-4H2,(H,7,8)/b17-13+;. The number of thiol groups is 1. The lowest BCUT2D eigenvalue weighted by molar-refractivity contribution is -0.138. The van der Waals surface area contributed by atoms with Crippen molar-refractivity contribution < 1.29 is 15.0 Å². The number of fused-ring (bicyclic) bond motifs is 1. The van der Waals surface area contributed by atoms with Gasteiger partial charge in [-0.25, -0.2) is 4.98 Å². The van der Waals surface area contributed by atoms with Gasteiger partial charge < -0.3 is 10.2 Å². The summed E-state index contributed by atoms with van der Waals surface area (Å²) in [6.07, 6.45) is 9.51. The molecular weight excluding hydrogens is 550 g/mol. The zero-order valence-corrected chi connectivity index (χ0v) is 25.3. The molecule has 0 amide bonds. The van der Waals surface area contributed by atoms with Crippen LogP contribution in [0, 0.1) is 5.41 Å². The number of aliphatic hydroxyl groups is 1. The van der Waals surface area contributed by atoms with Crippen LogP contribution < -0.4 is 0 Å². The van der Waals surface area contributed by atoms with Crippen molar-refractivity contribution in [2.24, 2.45) is 5.41 Å². The highest BCUT2D eigenvalue weighted by molar-refractivity contribution is 7.80. The monoisotopic (exact) mass is 587 g/mol. The van der Waals surface area contributed by atoms with Crippen LogP contribution in [0.1, 0.15) is 67.5 Å². The second-order valence-corrected chi connectivity index (χ2v) is 12.2. The van der Waals surface area contributed by atoms with E-state index in [1.165, 1.54) is 11.1 Å². The number of rotatable bonds is 10. The average molecular weight is 588 g/mol. The van der Waals surface area contributed by atoms with Crippen LogP contribution in [0.3, 0.4) is 0 Å². The summed E-state index contributed by atoms with van der Waals surface area (Å²) in [5, 5.41) is 20.6. The van der Waals surface area contributed by atoms with Gasteiger partial charge in [0.05, 0.1) is 23.2 Å². The molecule has 0 atom stereocenters. The number of carboxylic acids is 1. The second kappa shape index (κ2) is 13.7. The topological polar surface area (TPSA) is 70.4 Å². The first-order valence-electron chi connectivity index (χ1n) is 14.0. The predicted octanol–water partition coefficient (Wildman–Crippen LogP) is 8.63. The van der Waals surface area contributed by atoms with E-state index in [4.69, 9.17) is 21.7 Å². The molecule has 0 spiro atoms. The molecule has 1 fully saturated rings. The van der Waals surface area contributed by atoms with Crippen molar-refractivity contribution in [1.29, 1.82) is 0 Å². The Morgan fingerprint density at radius 1 is 1.00 bits per heavy atom. The van der Waals surface area contributed by atoms with E-state index in [0.717, 1.165) is 65.6 Å². The quantitative estimate of drug-likeness (QED) is 0.162. The summed E-state index contributed by atoms with van der Waals surface area (Å²) >= 11 is 10.2. The number of pyridine rings is 1. The number of aryl methyl sites for hydroxylation is 2.